The molecule has 2 heterocycles. The zero-order valence-corrected chi connectivity index (χ0v) is 17.3. The Bertz CT molecular complexity index is 887. The summed E-state index contributed by atoms with van der Waals surface area (Å²) < 4.78 is 27.0. The van der Waals surface area contributed by atoms with Crippen molar-refractivity contribution in [2.45, 2.75) is 24.5 Å². The predicted octanol–water partition coefficient (Wildman–Crippen LogP) is 2.56. The molecule has 27 heavy (non-hydrogen) atoms. The van der Waals surface area contributed by atoms with Gasteiger partial charge in [0.2, 0.25) is 5.91 Å². The molecule has 1 N–H and O–H groups in total. The topological polar surface area (TPSA) is 69.7 Å². The quantitative estimate of drug-likeness (QED) is 0.799. The Morgan fingerprint density at radius 2 is 1.89 bits per heavy atom. The molecule has 1 fully saturated rings. The summed E-state index contributed by atoms with van der Waals surface area (Å²) in [6, 6.07) is 9.39. The average molecular weight is 408 g/mol. The van der Waals surface area contributed by atoms with Crippen LogP contribution in [0.1, 0.15) is 18.1 Å². The van der Waals surface area contributed by atoms with Gasteiger partial charge in [-0.15, -0.1) is 11.3 Å². The molecule has 0 spiro atoms. The summed E-state index contributed by atoms with van der Waals surface area (Å²) in [5.41, 5.74) is 3.06. The second kappa shape index (κ2) is 8.52. The van der Waals surface area contributed by atoms with Crippen LogP contribution in [0.3, 0.4) is 0 Å². The van der Waals surface area contributed by atoms with Crippen LogP contribution in [0.25, 0.3) is 0 Å². The maximum Gasteiger partial charge on any atom is 0.252 e. The van der Waals surface area contributed by atoms with E-state index in [0.29, 0.717) is 30.4 Å². The number of amides is 1. The number of thiophene rings is 1. The van der Waals surface area contributed by atoms with Crippen LogP contribution in [-0.2, 0) is 21.2 Å². The number of nitrogens with zero attached hydrogens (tertiary/aromatic N) is 2. The molecule has 1 aromatic heterocycles. The van der Waals surface area contributed by atoms with Crippen molar-refractivity contribution in [2.75, 3.05) is 38.0 Å². The monoisotopic (exact) mass is 407 g/mol. The molecular weight excluding hydrogens is 382 g/mol. The first-order valence-corrected chi connectivity index (χ1v) is 11.4. The SMILES string of the molecule is CCc1cccc(C)c1NC(=O)CN1CCN(S(=O)(=O)c2cccs2)CC1. The lowest BCUT2D eigenvalue weighted by Crippen LogP contribution is -2.50. The number of sulfonamides is 1. The molecule has 0 atom stereocenters. The van der Waals surface area contributed by atoms with Crippen molar-refractivity contribution in [3.63, 3.8) is 0 Å². The molecular formula is C19H25N3O3S2. The van der Waals surface area contributed by atoms with E-state index >= 15 is 0 Å². The fraction of sp³-hybridized carbons (Fsp3) is 0.421. The molecule has 1 aromatic carbocycles. The largest absolute Gasteiger partial charge is 0.324 e. The van der Waals surface area contributed by atoms with Crippen LogP contribution in [-0.4, -0.2) is 56.3 Å². The highest BCUT2D eigenvalue weighted by molar-refractivity contribution is 7.91. The van der Waals surface area contributed by atoms with Gasteiger partial charge in [-0.3, -0.25) is 9.69 Å². The van der Waals surface area contributed by atoms with Crippen molar-refractivity contribution < 1.29 is 13.2 Å². The van der Waals surface area contributed by atoms with Gasteiger partial charge in [-0.05, 0) is 35.9 Å². The number of hydrogen-bond donors (Lipinski definition) is 1. The number of piperazine rings is 1. The Balaban J connectivity index is 1.56. The Morgan fingerprint density at radius 3 is 2.52 bits per heavy atom. The van der Waals surface area contributed by atoms with Gasteiger partial charge in [0.25, 0.3) is 10.0 Å². The molecule has 3 rings (SSSR count). The van der Waals surface area contributed by atoms with Gasteiger partial charge in [0.05, 0.1) is 6.54 Å². The van der Waals surface area contributed by atoms with Gasteiger partial charge in [0.15, 0.2) is 0 Å². The summed E-state index contributed by atoms with van der Waals surface area (Å²) in [6.07, 6.45) is 0.858. The molecule has 1 aliphatic rings. The number of aryl methyl sites for hydroxylation is 2. The third kappa shape index (κ3) is 4.57. The number of carbonyl (C=O) groups excluding carboxylic acids is 1. The summed E-state index contributed by atoms with van der Waals surface area (Å²) in [4.78, 5) is 14.5. The number of hydrogen-bond acceptors (Lipinski definition) is 5. The Kier molecular flexibility index (Phi) is 6.31. The van der Waals surface area contributed by atoms with E-state index in [1.54, 1.807) is 17.5 Å². The molecule has 1 saturated heterocycles. The summed E-state index contributed by atoms with van der Waals surface area (Å²) in [6.45, 7) is 6.22. The van der Waals surface area contributed by atoms with Crippen LogP contribution in [0, 0.1) is 6.92 Å². The summed E-state index contributed by atoms with van der Waals surface area (Å²) in [5, 5.41) is 4.80. The maximum atomic E-state index is 12.6. The van der Waals surface area contributed by atoms with E-state index < -0.39 is 10.0 Å². The number of para-hydroxylation sites is 1. The van der Waals surface area contributed by atoms with Crippen molar-refractivity contribution >= 4 is 33.0 Å². The van der Waals surface area contributed by atoms with Crippen molar-refractivity contribution in [1.29, 1.82) is 0 Å². The minimum atomic E-state index is -3.41. The number of benzene rings is 1. The van der Waals surface area contributed by atoms with E-state index in [9.17, 15) is 13.2 Å². The van der Waals surface area contributed by atoms with Crippen LogP contribution in [0.15, 0.2) is 39.9 Å². The van der Waals surface area contributed by atoms with Crippen LogP contribution < -0.4 is 5.32 Å². The third-order valence-electron chi connectivity index (χ3n) is 4.79. The summed E-state index contributed by atoms with van der Waals surface area (Å²) in [5.74, 6) is -0.0615. The zero-order chi connectivity index (χ0) is 19.4. The van der Waals surface area contributed by atoms with Crippen molar-refractivity contribution in [1.82, 2.24) is 9.21 Å². The van der Waals surface area contributed by atoms with Crippen molar-refractivity contribution in [2.24, 2.45) is 0 Å². The molecule has 8 heteroatoms. The van der Waals surface area contributed by atoms with Gasteiger partial charge in [0, 0.05) is 31.9 Å². The third-order valence-corrected chi connectivity index (χ3v) is 8.06. The summed E-state index contributed by atoms with van der Waals surface area (Å²) >= 11 is 1.23. The molecule has 0 aliphatic carbocycles. The summed E-state index contributed by atoms with van der Waals surface area (Å²) in [7, 11) is -3.41. The smallest absolute Gasteiger partial charge is 0.252 e. The molecule has 2 aromatic rings. The zero-order valence-electron chi connectivity index (χ0n) is 15.6. The van der Waals surface area contributed by atoms with E-state index in [4.69, 9.17) is 0 Å². The van der Waals surface area contributed by atoms with Gasteiger partial charge < -0.3 is 5.32 Å². The Morgan fingerprint density at radius 1 is 1.15 bits per heavy atom. The number of carbonyl (C=O) groups is 1. The van der Waals surface area contributed by atoms with Crippen LogP contribution in [0.2, 0.25) is 0 Å². The lowest BCUT2D eigenvalue weighted by molar-refractivity contribution is -0.117. The van der Waals surface area contributed by atoms with Crippen LogP contribution in [0.4, 0.5) is 5.69 Å². The molecule has 0 bridgehead atoms. The first-order chi connectivity index (χ1) is 12.9. The fourth-order valence-electron chi connectivity index (χ4n) is 3.25. The normalized spacial score (nSPS) is 16.4. The van der Waals surface area contributed by atoms with Crippen LogP contribution >= 0.6 is 11.3 Å². The van der Waals surface area contributed by atoms with Crippen molar-refractivity contribution in [3.8, 4) is 0 Å². The second-order valence-corrected chi connectivity index (χ2v) is 9.74. The average Bonchev–Trinajstić information content (AvgIpc) is 3.19. The van der Waals surface area contributed by atoms with E-state index in [1.807, 2.05) is 30.0 Å². The van der Waals surface area contributed by atoms with E-state index in [2.05, 4.69) is 12.2 Å². The molecule has 0 radical (unpaired) electrons. The van der Waals surface area contributed by atoms with Gasteiger partial charge in [-0.25, -0.2) is 8.42 Å². The predicted molar refractivity (Wildman–Crippen MR) is 109 cm³/mol. The second-order valence-electron chi connectivity index (χ2n) is 6.62. The number of rotatable bonds is 6. The van der Waals surface area contributed by atoms with Gasteiger partial charge in [-0.2, -0.15) is 4.31 Å². The Hall–Kier alpha value is -1.74. The molecule has 1 aliphatic heterocycles. The highest BCUT2D eigenvalue weighted by Crippen LogP contribution is 2.23. The highest BCUT2D eigenvalue weighted by atomic mass is 32.2. The molecule has 0 unspecified atom stereocenters. The van der Waals surface area contributed by atoms with E-state index in [0.717, 1.165) is 23.2 Å². The number of nitrogens with one attached hydrogen (secondary N) is 1. The molecule has 1 amide bonds. The first kappa shape index (κ1) is 20.0. The fourth-order valence-corrected chi connectivity index (χ4v) is 5.82. The van der Waals surface area contributed by atoms with E-state index in [-0.39, 0.29) is 12.5 Å². The minimum absolute atomic E-state index is 0.0615. The van der Waals surface area contributed by atoms with Gasteiger partial charge in [-0.1, -0.05) is 31.2 Å². The molecule has 0 saturated carbocycles. The van der Waals surface area contributed by atoms with Gasteiger partial charge >= 0.3 is 0 Å². The standard InChI is InChI=1S/C19H25N3O3S2/c1-3-16-7-4-6-15(2)19(16)20-17(23)14-21-9-11-22(12-10-21)27(24,25)18-8-5-13-26-18/h4-8,13H,3,9-12,14H2,1-2H3,(H,20,23). The number of anilines is 1. The van der Waals surface area contributed by atoms with E-state index in [1.165, 1.54) is 15.6 Å². The Labute approximate surface area is 164 Å². The van der Waals surface area contributed by atoms with Gasteiger partial charge in [0.1, 0.15) is 4.21 Å². The highest BCUT2D eigenvalue weighted by Gasteiger charge is 2.29. The molecule has 146 valence electrons. The lowest BCUT2D eigenvalue weighted by atomic mass is 10.1. The minimum Gasteiger partial charge on any atom is -0.324 e. The van der Waals surface area contributed by atoms with Crippen molar-refractivity contribution in [3.05, 3.63) is 46.8 Å². The first-order valence-electron chi connectivity index (χ1n) is 9.06. The van der Waals surface area contributed by atoms with Crippen LogP contribution in [0.5, 0.6) is 0 Å². The lowest BCUT2D eigenvalue weighted by Gasteiger charge is -2.33. The molecule has 6 nitrogen and oxygen atoms in total. The maximum absolute atomic E-state index is 12.6.